The number of carbonyl (C=O) groups excluding carboxylic acids is 1. The molecule has 2 aliphatic rings. The lowest BCUT2D eigenvalue weighted by atomic mass is 9.77. The Balaban J connectivity index is 1.99. The number of carbonyl (C=O) groups is 1. The molecule has 0 radical (unpaired) electrons. The molecule has 112 valence electrons. The molecule has 7 heteroatoms. The van der Waals surface area contributed by atoms with E-state index >= 15 is 0 Å². The number of aliphatic hydroxyl groups excluding tert-OH is 1. The van der Waals surface area contributed by atoms with E-state index in [4.69, 9.17) is 0 Å². The lowest BCUT2D eigenvalue weighted by molar-refractivity contribution is -0.384. The van der Waals surface area contributed by atoms with E-state index in [1.54, 1.807) is 6.07 Å². The highest BCUT2D eigenvalue weighted by Crippen LogP contribution is 2.40. The highest BCUT2D eigenvalue weighted by Gasteiger charge is 2.38. The first-order chi connectivity index (χ1) is 10.0. The summed E-state index contributed by atoms with van der Waals surface area (Å²) in [5.74, 6) is -0.0807. The number of nitro benzene ring substituents is 1. The number of anilines is 2. The van der Waals surface area contributed by atoms with Gasteiger partial charge in [-0.25, -0.2) is 0 Å². The van der Waals surface area contributed by atoms with Crippen molar-refractivity contribution in [2.45, 2.75) is 37.6 Å². The fourth-order valence-corrected chi connectivity index (χ4v) is 2.88. The van der Waals surface area contributed by atoms with E-state index in [1.807, 2.05) is 0 Å². The molecule has 3 rings (SSSR count). The summed E-state index contributed by atoms with van der Waals surface area (Å²) in [5.41, 5.74) is 1.27. The normalized spacial score (nSPS) is 19.2. The Hall–Kier alpha value is -2.15. The lowest BCUT2D eigenvalue weighted by Gasteiger charge is -2.41. The van der Waals surface area contributed by atoms with Gasteiger partial charge in [0, 0.05) is 18.2 Å². The Kier molecular flexibility index (Phi) is 3.29. The third-order valence-electron chi connectivity index (χ3n) is 4.33. The lowest BCUT2D eigenvalue weighted by Crippen LogP contribution is -2.48. The summed E-state index contributed by atoms with van der Waals surface area (Å²) in [6.07, 6.45) is 3.40. The zero-order valence-electron chi connectivity index (χ0n) is 11.5. The van der Waals surface area contributed by atoms with Gasteiger partial charge in [-0.3, -0.25) is 14.9 Å². The molecule has 1 aliphatic carbocycles. The van der Waals surface area contributed by atoms with Crippen LogP contribution in [0, 0.1) is 10.1 Å². The number of benzene rings is 1. The van der Waals surface area contributed by atoms with Crippen molar-refractivity contribution in [1.82, 2.24) is 0 Å². The van der Waals surface area contributed by atoms with Crippen LogP contribution in [0.1, 0.15) is 31.2 Å². The summed E-state index contributed by atoms with van der Waals surface area (Å²) in [5, 5.41) is 26.6. The van der Waals surface area contributed by atoms with Crippen LogP contribution in [-0.4, -0.2) is 28.1 Å². The van der Waals surface area contributed by atoms with Crippen molar-refractivity contribution in [3.63, 3.8) is 0 Å². The second kappa shape index (κ2) is 5.00. The second-order valence-electron chi connectivity index (χ2n) is 5.75. The third-order valence-corrected chi connectivity index (χ3v) is 4.33. The Morgan fingerprint density at radius 1 is 1.38 bits per heavy atom. The standard InChI is InChI=1S/C14H17N3O4/c18-8-14(4-1-5-14)16-11-7-10-9(2-3-13(19)15-10)6-12(11)17(20)21/h6-7,16,18H,1-5,8H2,(H,15,19). The van der Waals surface area contributed by atoms with Crippen molar-refractivity contribution in [2.75, 3.05) is 17.2 Å². The predicted octanol–water partition coefficient (Wildman–Crippen LogP) is 1.81. The first-order valence-corrected chi connectivity index (χ1v) is 7.03. The minimum atomic E-state index is -0.475. The zero-order valence-corrected chi connectivity index (χ0v) is 11.5. The minimum Gasteiger partial charge on any atom is -0.394 e. The highest BCUT2D eigenvalue weighted by molar-refractivity contribution is 5.95. The molecule has 0 aromatic heterocycles. The quantitative estimate of drug-likeness (QED) is 0.579. The van der Waals surface area contributed by atoms with Crippen LogP contribution in [0.2, 0.25) is 0 Å². The summed E-state index contributed by atoms with van der Waals surface area (Å²) in [4.78, 5) is 22.3. The van der Waals surface area contributed by atoms with Crippen molar-refractivity contribution < 1.29 is 14.8 Å². The van der Waals surface area contributed by atoms with Gasteiger partial charge in [0.1, 0.15) is 5.69 Å². The van der Waals surface area contributed by atoms with Crippen LogP contribution in [0.15, 0.2) is 12.1 Å². The van der Waals surface area contributed by atoms with Crippen LogP contribution in [0.25, 0.3) is 0 Å². The number of aliphatic hydroxyl groups is 1. The van der Waals surface area contributed by atoms with Crippen molar-refractivity contribution in [3.8, 4) is 0 Å². The maximum atomic E-state index is 11.5. The number of nitrogens with one attached hydrogen (secondary N) is 2. The number of nitro groups is 1. The van der Waals surface area contributed by atoms with Gasteiger partial charge in [0.2, 0.25) is 5.91 Å². The van der Waals surface area contributed by atoms with Gasteiger partial charge in [-0.1, -0.05) is 0 Å². The first-order valence-electron chi connectivity index (χ1n) is 7.03. The molecule has 0 unspecified atom stereocenters. The van der Waals surface area contributed by atoms with Crippen molar-refractivity contribution in [2.24, 2.45) is 0 Å². The number of hydrogen-bond donors (Lipinski definition) is 3. The summed E-state index contributed by atoms with van der Waals surface area (Å²) < 4.78 is 0. The van der Waals surface area contributed by atoms with Crippen LogP contribution in [0.3, 0.4) is 0 Å². The van der Waals surface area contributed by atoms with E-state index in [-0.39, 0.29) is 18.2 Å². The predicted molar refractivity (Wildman–Crippen MR) is 77.3 cm³/mol. The van der Waals surface area contributed by atoms with E-state index in [1.165, 1.54) is 6.07 Å². The van der Waals surface area contributed by atoms with Crippen molar-refractivity contribution in [1.29, 1.82) is 0 Å². The zero-order chi connectivity index (χ0) is 15.0. The first kappa shape index (κ1) is 13.8. The molecule has 0 atom stereocenters. The van der Waals surface area contributed by atoms with E-state index < -0.39 is 10.5 Å². The van der Waals surface area contributed by atoms with Gasteiger partial charge in [-0.15, -0.1) is 0 Å². The molecule has 0 saturated heterocycles. The summed E-state index contributed by atoms with van der Waals surface area (Å²) in [7, 11) is 0. The Morgan fingerprint density at radius 3 is 2.71 bits per heavy atom. The minimum absolute atomic E-state index is 0.00961. The molecule has 1 aliphatic heterocycles. The van der Waals surface area contributed by atoms with Gasteiger partial charge < -0.3 is 15.7 Å². The van der Waals surface area contributed by atoms with Crippen LogP contribution in [0.5, 0.6) is 0 Å². The molecule has 7 nitrogen and oxygen atoms in total. The fourth-order valence-electron chi connectivity index (χ4n) is 2.88. The molecule has 0 bridgehead atoms. The fraction of sp³-hybridized carbons (Fsp3) is 0.500. The van der Waals surface area contributed by atoms with Crippen LogP contribution in [0.4, 0.5) is 17.1 Å². The van der Waals surface area contributed by atoms with Gasteiger partial charge in [0.15, 0.2) is 0 Å². The van der Waals surface area contributed by atoms with Gasteiger partial charge in [-0.2, -0.15) is 0 Å². The van der Waals surface area contributed by atoms with Crippen LogP contribution in [-0.2, 0) is 11.2 Å². The number of aryl methyl sites for hydroxylation is 1. The molecule has 21 heavy (non-hydrogen) atoms. The van der Waals surface area contributed by atoms with E-state index in [0.29, 0.717) is 24.2 Å². The number of nitrogens with zero attached hydrogens (tertiary/aromatic N) is 1. The number of fused-ring (bicyclic) bond motifs is 1. The van der Waals surface area contributed by atoms with Crippen molar-refractivity contribution >= 4 is 23.0 Å². The van der Waals surface area contributed by atoms with Crippen molar-refractivity contribution in [3.05, 3.63) is 27.8 Å². The molecule has 3 N–H and O–H groups in total. The molecule has 0 spiro atoms. The highest BCUT2D eigenvalue weighted by atomic mass is 16.6. The maximum absolute atomic E-state index is 11.5. The molecule has 1 aromatic rings. The molecule has 1 heterocycles. The molecular formula is C14H17N3O4. The maximum Gasteiger partial charge on any atom is 0.292 e. The Morgan fingerprint density at radius 2 is 2.14 bits per heavy atom. The summed E-state index contributed by atoms with van der Waals surface area (Å²) >= 11 is 0. The average molecular weight is 291 g/mol. The van der Waals surface area contributed by atoms with E-state index in [0.717, 1.165) is 24.8 Å². The SMILES string of the molecule is O=C1CCc2cc([N+](=O)[O-])c(NC3(CO)CCC3)cc2N1. The van der Waals surface area contributed by atoms with Crippen LogP contribution < -0.4 is 10.6 Å². The Labute approximate surface area is 121 Å². The summed E-state index contributed by atoms with van der Waals surface area (Å²) in [6.45, 7) is -0.0619. The molecule has 1 amide bonds. The van der Waals surface area contributed by atoms with Gasteiger partial charge in [0.05, 0.1) is 17.1 Å². The Bertz CT molecular complexity index is 605. The van der Waals surface area contributed by atoms with Gasteiger partial charge in [-0.05, 0) is 37.3 Å². The number of amides is 1. The topological polar surface area (TPSA) is 104 Å². The van der Waals surface area contributed by atoms with Gasteiger partial charge >= 0.3 is 0 Å². The second-order valence-corrected chi connectivity index (χ2v) is 5.75. The molecule has 1 saturated carbocycles. The number of rotatable bonds is 4. The molecular weight excluding hydrogens is 274 g/mol. The van der Waals surface area contributed by atoms with E-state index in [9.17, 15) is 20.0 Å². The molecule has 1 fully saturated rings. The molecule has 1 aromatic carbocycles. The average Bonchev–Trinajstić information content (AvgIpc) is 2.41. The van der Waals surface area contributed by atoms with Crippen LogP contribution >= 0.6 is 0 Å². The van der Waals surface area contributed by atoms with Gasteiger partial charge in [0.25, 0.3) is 5.69 Å². The monoisotopic (exact) mass is 291 g/mol. The third kappa shape index (κ3) is 2.44. The largest absolute Gasteiger partial charge is 0.394 e. The number of hydrogen-bond acceptors (Lipinski definition) is 5. The smallest absolute Gasteiger partial charge is 0.292 e. The van der Waals surface area contributed by atoms with E-state index in [2.05, 4.69) is 10.6 Å². The summed E-state index contributed by atoms with van der Waals surface area (Å²) in [6, 6.07) is 3.13.